The molecule has 1 aromatic carbocycles. The highest BCUT2D eigenvalue weighted by Crippen LogP contribution is 2.14. The predicted octanol–water partition coefficient (Wildman–Crippen LogP) is 2.98. The van der Waals surface area contributed by atoms with Crippen LogP contribution >= 0.6 is 11.6 Å². The van der Waals surface area contributed by atoms with E-state index < -0.39 is 0 Å². The van der Waals surface area contributed by atoms with Crippen LogP contribution in [0.1, 0.15) is 11.4 Å². The standard InChI is InChI=1S/C14H17ClN4O/c1-10-8-11(2)19(18-10)7-6-16-14(20)17-13-5-3-4-12(15)9-13/h3-5,8-9H,6-7H2,1-2H3,(H2,16,17,20). The van der Waals surface area contributed by atoms with Crippen molar-refractivity contribution >= 4 is 23.3 Å². The molecule has 2 rings (SSSR count). The number of amides is 2. The summed E-state index contributed by atoms with van der Waals surface area (Å²) in [6.07, 6.45) is 0. The maximum Gasteiger partial charge on any atom is 0.319 e. The molecule has 0 saturated heterocycles. The molecule has 0 aliphatic rings. The van der Waals surface area contributed by atoms with Crippen molar-refractivity contribution in [3.8, 4) is 0 Å². The zero-order valence-corrected chi connectivity index (χ0v) is 12.2. The molecular formula is C14H17ClN4O. The van der Waals surface area contributed by atoms with Gasteiger partial charge in [0.25, 0.3) is 0 Å². The number of anilines is 1. The fourth-order valence-corrected chi connectivity index (χ4v) is 2.11. The van der Waals surface area contributed by atoms with Crippen molar-refractivity contribution < 1.29 is 4.79 Å². The molecule has 1 aromatic heterocycles. The Balaban J connectivity index is 1.79. The molecule has 5 nitrogen and oxygen atoms in total. The monoisotopic (exact) mass is 292 g/mol. The minimum atomic E-state index is -0.256. The number of hydrogen-bond acceptors (Lipinski definition) is 2. The van der Waals surface area contributed by atoms with E-state index in [2.05, 4.69) is 15.7 Å². The molecule has 0 bridgehead atoms. The van der Waals surface area contributed by atoms with Gasteiger partial charge in [0.15, 0.2) is 0 Å². The lowest BCUT2D eigenvalue weighted by Gasteiger charge is -2.08. The summed E-state index contributed by atoms with van der Waals surface area (Å²) in [5.74, 6) is 0. The number of aromatic nitrogens is 2. The Labute approximate surface area is 122 Å². The summed E-state index contributed by atoms with van der Waals surface area (Å²) in [5.41, 5.74) is 2.73. The molecule has 1 heterocycles. The molecule has 6 heteroatoms. The molecule has 0 spiro atoms. The first-order chi connectivity index (χ1) is 9.54. The molecule has 0 unspecified atom stereocenters. The molecule has 0 aliphatic carbocycles. The van der Waals surface area contributed by atoms with Crippen molar-refractivity contribution in [2.45, 2.75) is 20.4 Å². The first-order valence-electron chi connectivity index (χ1n) is 6.36. The number of halogens is 1. The summed E-state index contributed by atoms with van der Waals surface area (Å²) in [6, 6.07) is 8.77. The van der Waals surface area contributed by atoms with Crippen molar-refractivity contribution in [2.75, 3.05) is 11.9 Å². The van der Waals surface area contributed by atoms with Gasteiger partial charge in [0.05, 0.1) is 12.2 Å². The van der Waals surface area contributed by atoms with E-state index in [1.165, 1.54) is 0 Å². The van der Waals surface area contributed by atoms with E-state index in [0.29, 0.717) is 23.8 Å². The number of nitrogens with zero attached hydrogens (tertiary/aromatic N) is 2. The number of rotatable bonds is 4. The van der Waals surface area contributed by atoms with Crippen molar-refractivity contribution in [2.24, 2.45) is 0 Å². The molecule has 0 radical (unpaired) electrons. The summed E-state index contributed by atoms with van der Waals surface area (Å²) in [4.78, 5) is 11.7. The summed E-state index contributed by atoms with van der Waals surface area (Å²) in [7, 11) is 0. The Bertz CT molecular complexity index is 609. The molecular weight excluding hydrogens is 276 g/mol. The zero-order chi connectivity index (χ0) is 14.5. The summed E-state index contributed by atoms with van der Waals surface area (Å²) >= 11 is 5.85. The quantitative estimate of drug-likeness (QED) is 0.910. The van der Waals surface area contributed by atoms with Crippen LogP contribution in [-0.4, -0.2) is 22.4 Å². The number of nitrogens with one attached hydrogen (secondary N) is 2. The highest BCUT2D eigenvalue weighted by molar-refractivity contribution is 6.30. The molecule has 0 saturated carbocycles. The predicted molar refractivity (Wildman–Crippen MR) is 80.2 cm³/mol. The van der Waals surface area contributed by atoms with Crippen molar-refractivity contribution in [1.82, 2.24) is 15.1 Å². The summed E-state index contributed by atoms with van der Waals surface area (Å²) < 4.78 is 1.87. The second kappa shape index (κ2) is 6.43. The van der Waals surface area contributed by atoms with E-state index in [4.69, 9.17) is 11.6 Å². The van der Waals surface area contributed by atoms with Gasteiger partial charge < -0.3 is 10.6 Å². The fraction of sp³-hybridized carbons (Fsp3) is 0.286. The minimum absolute atomic E-state index is 0.256. The first kappa shape index (κ1) is 14.4. The Kier molecular flexibility index (Phi) is 4.63. The smallest absolute Gasteiger partial charge is 0.319 e. The maximum atomic E-state index is 11.7. The fourth-order valence-electron chi connectivity index (χ4n) is 1.92. The highest BCUT2D eigenvalue weighted by atomic mass is 35.5. The number of hydrogen-bond donors (Lipinski definition) is 2. The third-order valence-electron chi connectivity index (χ3n) is 2.80. The van der Waals surface area contributed by atoms with Gasteiger partial charge in [-0.3, -0.25) is 4.68 Å². The minimum Gasteiger partial charge on any atom is -0.336 e. The van der Waals surface area contributed by atoms with E-state index in [1.807, 2.05) is 24.6 Å². The van der Waals surface area contributed by atoms with Gasteiger partial charge in [-0.1, -0.05) is 17.7 Å². The number of carbonyl (C=O) groups excluding carboxylic acids is 1. The van der Waals surface area contributed by atoms with Crippen LogP contribution in [0.25, 0.3) is 0 Å². The Morgan fingerprint density at radius 1 is 1.35 bits per heavy atom. The van der Waals surface area contributed by atoms with E-state index in [0.717, 1.165) is 11.4 Å². The van der Waals surface area contributed by atoms with E-state index >= 15 is 0 Å². The van der Waals surface area contributed by atoms with Gasteiger partial charge in [-0.25, -0.2) is 4.79 Å². The van der Waals surface area contributed by atoms with Crippen LogP contribution in [0, 0.1) is 13.8 Å². The number of carbonyl (C=O) groups is 1. The van der Waals surface area contributed by atoms with Crippen LogP contribution in [0.3, 0.4) is 0 Å². The van der Waals surface area contributed by atoms with Crippen LogP contribution in [0.5, 0.6) is 0 Å². The second-order valence-corrected chi connectivity index (χ2v) is 4.98. The van der Waals surface area contributed by atoms with Gasteiger partial charge in [0.2, 0.25) is 0 Å². The molecule has 0 aliphatic heterocycles. The van der Waals surface area contributed by atoms with Gasteiger partial charge in [-0.2, -0.15) is 5.10 Å². The average Bonchev–Trinajstić information content (AvgIpc) is 2.68. The van der Waals surface area contributed by atoms with Crippen LogP contribution in [0.4, 0.5) is 10.5 Å². The zero-order valence-electron chi connectivity index (χ0n) is 11.5. The SMILES string of the molecule is Cc1cc(C)n(CCNC(=O)Nc2cccc(Cl)c2)n1. The molecule has 0 fully saturated rings. The van der Waals surface area contributed by atoms with Crippen molar-refractivity contribution in [3.05, 3.63) is 46.7 Å². The topological polar surface area (TPSA) is 59.0 Å². The number of benzene rings is 1. The lowest BCUT2D eigenvalue weighted by molar-refractivity contribution is 0.251. The molecule has 0 atom stereocenters. The lowest BCUT2D eigenvalue weighted by atomic mass is 10.3. The summed E-state index contributed by atoms with van der Waals surface area (Å²) in [5, 5.41) is 10.4. The molecule has 2 N–H and O–H groups in total. The van der Waals surface area contributed by atoms with Gasteiger partial charge >= 0.3 is 6.03 Å². The Hall–Kier alpha value is -2.01. The second-order valence-electron chi connectivity index (χ2n) is 4.54. The van der Waals surface area contributed by atoms with E-state index in [9.17, 15) is 4.79 Å². The number of aryl methyl sites for hydroxylation is 2. The van der Waals surface area contributed by atoms with E-state index in [1.54, 1.807) is 24.3 Å². The van der Waals surface area contributed by atoms with Crippen LogP contribution in [-0.2, 0) is 6.54 Å². The van der Waals surface area contributed by atoms with Crippen LogP contribution in [0.2, 0.25) is 5.02 Å². The van der Waals surface area contributed by atoms with Crippen molar-refractivity contribution in [3.63, 3.8) is 0 Å². The summed E-state index contributed by atoms with van der Waals surface area (Å²) in [6.45, 7) is 5.09. The van der Waals surface area contributed by atoms with Crippen molar-refractivity contribution in [1.29, 1.82) is 0 Å². The maximum absolute atomic E-state index is 11.7. The third-order valence-corrected chi connectivity index (χ3v) is 3.03. The number of urea groups is 1. The van der Waals surface area contributed by atoms with Gasteiger partial charge in [0.1, 0.15) is 0 Å². The normalized spacial score (nSPS) is 10.3. The van der Waals surface area contributed by atoms with E-state index in [-0.39, 0.29) is 6.03 Å². The Morgan fingerprint density at radius 2 is 2.15 bits per heavy atom. The highest BCUT2D eigenvalue weighted by Gasteiger charge is 2.03. The molecule has 2 aromatic rings. The first-order valence-corrected chi connectivity index (χ1v) is 6.74. The van der Waals surface area contributed by atoms with Gasteiger partial charge in [-0.05, 0) is 38.1 Å². The average molecular weight is 293 g/mol. The Morgan fingerprint density at radius 3 is 2.80 bits per heavy atom. The molecule has 106 valence electrons. The molecule has 2 amide bonds. The molecule has 20 heavy (non-hydrogen) atoms. The van der Waals surface area contributed by atoms with Gasteiger partial charge in [-0.15, -0.1) is 0 Å². The van der Waals surface area contributed by atoms with Crippen LogP contribution in [0.15, 0.2) is 30.3 Å². The third kappa shape index (κ3) is 3.99. The lowest BCUT2D eigenvalue weighted by Crippen LogP contribution is -2.31. The van der Waals surface area contributed by atoms with Crippen LogP contribution < -0.4 is 10.6 Å². The largest absolute Gasteiger partial charge is 0.336 e. The van der Waals surface area contributed by atoms with Gasteiger partial charge in [0, 0.05) is 22.9 Å².